The summed E-state index contributed by atoms with van der Waals surface area (Å²) in [5.41, 5.74) is 2.14. The first-order chi connectivity index (χ1) is 15.1. The lowest BCUT2D eigenvalue weighted by Crippen LogP contribution is -2.33. The van der Waals surface area contributed by atoms with Crippen molar-refractivity contribution in [2.45, 2.75) is 19.0 Å². The van der Waals surface area contributed by atoms with E-state index in [0.29, 0.717) is 17.1 Å². The zero-order valence-corrected chi connectivity index (χ0v) is 18.1. The maximum atomic E-state index is 12.8. The number of aromatic nitrogens is 1. The van der Waals surface area contributed by atoms with Crippen molar-refractivity contribution in [3.05, 3.63) is 100 Å². The molecule has 1 atom stereocenters. The minimum absolute atomic E-state index is 0.102. The lowest BCUT2D eigenvalue weighted by Gasteiger charge is -2.19. The van der Waals surface area contributed by atoms with Crippen molar-refractivity contribution in [1.82, 2.24) is 15.6 Å². The number of para-hydroxylation sites is 1. The lowest BCUT2D eigenvalue weighted by atomic mass is 10.0. The molecule has 4 aromatic rings. The summed E-state index contributed by atoms with van der Waals surface area (Å²) in [7, 11) is 0. The molecule has 4 rings (SSSR count). The largest absolute Gasteiger partial charge is 0.350 e. The maximum Gasteiger partial charge on any atom is 0.253 e. The van der Waals surface area contributed by atoms with E-state index in [4.69, 9.17) is 11.6 Å². The van der Waals surface area contributed by atoms with Gasteiger partial charge >= 0.3 is 0 Å². The Morgan fingerprint density at radius 1 is 0.935 bits per heavy atom. The smallest absolute Gasteiger partial charge is 0.253 e. The molecule has 0 fully saturated rings. The molecule has 2 N–H and O–H groups in total. The Bertz CT molecular complexity index is 1180. The van der Waals surface area contributed by atoms with Gasteiger partial charge in [-0.1, -0.05) is 66.2 Å². The van der Waals surface area contributed by atoms with Crippen LogP contribution < -0.4 is 10.6 Å². The van der Waals surface area contributed by atoms with Crippen LogP contribution >= 0.6 is 22.9 Å². The summed E-state index contributed by atoms with van der Waals surface area (Å²) in [4.78, 5) is 30.0. The third kappa shape index (κ3) is 5.29. The van der Waals surface area contributed by atoms with Crippen LogP contribution in [0.3, 0.4) is 0 Å². The fraction of sp³-hybridized carbons (Fsp3) is 0.125. The number of benzene rings is 3. The average Bonchev–Trinajstić information content (AvgIpc) is 3.21. The van der Waals surface area contributed by atoms with Gasteiger partial charge in [-0.15, -0.1) is 11.3 Å². The Kier molecular flexibility index (Phi) is 6.60. The molecule has 2 amide bonds. The van der Waals surface area contributed by atoms with Gasteiger partial charge in [0.2, 0.25) is 5.91 Å². The van der Waals surface area contributed by atoms with Crippen molar-refractivity contribution in [2.24, 2.45) is 0 Å². The number of hydrogen-bond donors (Lipinski definition) is 2. The second-order valence-electron chi connectivity index (χ2n) is 6.97. The minimum Gasteiger partial charge on any atom is -0.350 e. The standard InChI is InChI=1S/C24H20ClN3O2S/c25-18-11-5-4-10-17(18)24(30)28-20(16-8-2-1-3-9-16)14-22(29)26-15-23-27-19-12-6-7-13-21(19)31-23/h1-13,20H,14-15H2,(H,26,29)(H,28,30). The van der Waals surface area contributed by atoms with Gasteiger partial charge in [-0.2, -0.15) is 0 Å². The first-order valence-corrected chi connectivity index (χ1v) is 11.0. The van der Waals surface area contributed by atoms with E-state index in [1.165, 1.54) is 0 Å². The van der Waals surface area contributed by atoms with Crippen LogP contribution in [0.5, 0.6) is 0 Å². The third-order valence-corrected chi connectivity index (χ3v) is 6.16. The molecule has 7 heteroatoms. The van der Waals surface area contributed by atoms with Crippen LogP contribution in [0.4, 0.5) is 0 Å². The number of hydrogen-bond acceptors (Lipinski definition) is 4. The Morgan fingerprint density at radius 2 is 1.65 bits per heavy atom. The van der Waals surface area contributed by atoms with Gasteiger partial charge < -0.3 is 10.6 Å². The molecule has 1 aromatic heterocycles. The molecule has 3 aromatic carbocycles. The highest BCUT2D eigenvalue weighted by Gasteiger charge is 2.20. The zero-order chi connectivity index (χ0) is 21.6. The van der Waals surface area contributed by atoms with Gasteiger partial charge in [-0.3, -0.25) is 9.59 Å². The molecular formula is C24H20ClN3O2S. The van der Waals surface area contributed by atoms with Crippen LogP contribution in [0.2, 0.25) is 5.02 Å². The number of thiazole rings is 1. The van der Waals surface area contributed by atoms with Crippen LogP contribution in [0, 0.1) is 0 Å². The summed E-state index contributed by atoms with van der Waals surface area (Å²) < 4.78 is 1.08. The molecule has 0 saturated carbocycles. The van der Waals surface area contributed by atoms with Crippen LogP contribution in [0.15, 0.2) is 78.9 Å². The van der Waals surface area contributed by atoms with Crippen LogP contribution in [0.25, 0.3) is 10.2 Å². The molecule has 1 unspecified atom stereocenters. The second-order valence-corrected chi connectivity index (χ2v) is 8.50. The average molecular weight is 450 g/mol. The zero-order valence-electron chi connectivity index (χ0n) is 16.5. The van der Waals surface area contributed by atoms with Crippen molar-refractivity contribution < 1.29 is 9.59 Å². The van der Waals surface area contributed by atoms with Crippen LogP contribution in [-0.4, -0.2) is 16.8 Å². The molecule has 0 spiro atoms. The highest BCUT2D eigenvalue weighted by Crippen LogP contribution is 2.22. The van der Waals surface area contributed by atoms with E-state index in [1.807, 2.05) is 54.6 Å². The number of nitrogens with zero attached hydrogens (tertiary/aromatic N) is 1. The van der Waals surface area contributed by atoms with Crippen molar-refractivity contribution in [1.29, 1.82) is 0 Å². The molecule has 0 aliphatic rings. The summed E-state index contributed by atoms with van der Waals surface area (Å²) in [6, 6.07) is 23.6. The van der Waals surface area contributed by atoms with E-state index in [1.54, 1.807) is 35.6 Å². The van der Waals surface area contributed by atoms with Crippen LogP contribution in [0.1, 0.15) is 33.4 Å². The maximum absolute atomic E-state index is 12.8. The van der Waals surface area contributed by atoms with E-state index >= 15 is 0 Å². The summed E-state index contributed by atoms with van der Waals surface area (Å²) in [6.07, 6.45) is 0.102. The minimum atomic E-state index is -0.486. The van der Waals surface area contributed by atoms with Gasteiger partial charge in [0.05, 0.1) is 39.8 Å². The predicted octanol–water partition coefficient (Wildman–Crippen LogP) is 5.13. The Labute approximate surface area is 189 Å². The van der Waals surface area contributed by atoms with Crippen LogP contribution in [-0.2, 0) is 11.3 Å². The summed E-state index contributed by atoms with van der Waals surface area (Å²) in [6.45, 7) is 0.345. The third-order valence-electron chi connectivity index (χ3n) is 4.79. The lowest BCUT2D eigenvalue weighted by molar-refractivity contribution is -0.121. The number of amides is 2. The highest BCUT2D eigenvalue weighted by atomic mass is 35.5. The predicted molar refractivity (Wildman–Crippen MR) is 124 cm³/mol. The number of fused-ring (bicyclic) bond motifs is 1. The first kappa shape index (κ1) is 21.0. The number of nitrogens with one attached hydrogen (secondary N) is 2. The topological polar surface area (TPSA) is 71.1 Å². The Balaban J connectivity index is 1.44. The van der Waals surface area contributed by atoms with Crippen molar-refractivity contribution in [3.63, 3.8) is 0 Å². The molecule has 156 valence electrons. The van der Waals surface area contributed by atoms with Gasteiger partial charge in [-0.05, 0) is 29.8 Å². The van der Waals surface area contributed by atoms with Gasteiger partial charge in [0.15, 0.2) is 0 Å². The van der Waals surface area contributed by atoms with E-state index < -0.39 is 6.04 Å². The first-order valence-electron chi connectivity index (χ1n) is 9.81. The molecule has 1 heterocycles. The second kappa shape index (κ2) is 9.73. The normalized spacial score (nSPS) is 11.8. The number of halogens is 1. The van der Waals surface area contributed by atoms with E-state index in [0.717, 1.165) is 20.8 Å². The monoisotopic (exact) mass is 449 g/mol. The summed E-state index contributed by atoms with van der Waals surface area (Å²) >= 11 is 7.71. The number of carbonyl (C=O) groups excluding carboxylic acids is 2. The van der Waals surface area contributed by atoms with Gasteiger partial charge in [0.25, 0.3) is 5.91 Å². The van der Waals surface area contributed by atoms with Crippen molar-refractivity contribution >= 4 is 45.0 Å². The molecule has 0 radical (unpaired) electrons. The van der Waals surface area contributed by atoms with E-state index in [-0.39, 0.29) is 18.2 Å². The van der Waals surface area contributed by atoms with Crippen molar-refractivity contribution in [2.75, 3.05) is 0 Å². The van der Waals surface area contributed by atoms with E-state index in [9.17, 15) is 9.59 Å². The molecule has 0 bridgehead atoms. The fourth-order valence-electron chi connectivity index (χ4n) is 3.25. The molecule has 0 aliphatic heterocycles. The van der Waals surface area contributed by atoms with Gasteiger partial charge in [0.1, 0.15) is 5.01 Å². The SMILES string of the molecule is O=C(CC(NC(=O)c1ccccc1Cl)c1ccccc1)NCc1nc2ccccc2s1. The van der Waals surface area contributed by atoms with E-state index in [2.05, 4.69) is 15.6 Å². The quantitative estimate of drug-likeness (QED) is 0.411. The van der Waals surface area contributed by atoms with Crippen molar-refractivity contribution in [3.8, 4) is 0 Å². The number of rotatable bonds is 7. The van der Waals surface area contributed by atoms with Gasteiger partial charge in [0, 0.05) is 0 Å². The summed E-state index contributed by atoms with van der Waals surface area (Å²) in [5, 5.41) is 7.07. The molecular weight excluding hydrogens is 430 g/mol. The van der Waals surface area contributed by atoms with Gasteiger partial charge in [-0.25, -0.2) is 4.98 Å². The Hall–Kier alpha value is -3.22. The fourth-order valence-corrected chi connectivity index (χ4v) is 4.37. The molecule has 0 aliphatic carbocycles. The Morgan fingerprint density at radius 3 is 2.42 bits per heavy atom. The molecule has 31 heavy (non-hydrogen) atoms. The molecule has 5 nitrogen and oxygen atoms in total. The highest BCUT2D eigenvalue weighted by molar-refractivity contribution is 7.18. The molecule has 0 saturated heterocycles. The summed E-state index contributed by atoms with van der Waals surface area (Å²) in [5.74, 6) is -0.494. The number of carbonyl (C=O) groups is 2.